The summed E-state index contributed by atoms with van der Waals surface area (Å²) in [5.74, 6) is -0.417. The molecule has 1 aliphatic rings. The van der Waals surface area contributed by atoms with Crippen LogP contribution < -0.4 is 11.1 Å². The van der Waals surface area contributed by atoms with Crippen LogP contribution >= 0.6 is 0 Å². The van der Waals surface area contributed by atoms with E-state index in [9.17, 15) is 13.2 Å². The summed E-state index contributed by atoms with van der Waals surface area (Å²) < 4.78 is 22.3. The van der Waals surface area contributed by atoms with Crippen molar-refractivity contribution in [1.82, 2.24) is 5.32 Å². The molecule has 3 N–H and O–H groups in total. The molecule has 0 saturated carbocycles. The van der Waals surface area contributed by atoms with Crippen molar-refractivity contribution in [2.45, 2.75) is 6.04 Å². The number of nitrogen functional groups attached to an aromatic ring is 1. The van der Waals surface area contributed by atoms with Gasteiger partial charge in [0, 0.05) is 17.2 Å². The van der Waals surface area contributed by atoms with Gasteiger partial charge in [0.2, 0.25) is 5.91 Å². The van der Waals surface area contributed by atoms with Gasteiger partial charge in [-0.1, -0.05) is 12.1 Å². The lowest BCUT2D eigenvalue weighted by Crippen LogP contribution is -2.34. The summed E-state index contributed by atoms with van der Waals surface area (Å²) >= 11 is 0. The summed E-state index contributed by atoms with van der Waals surface area (Å²) in [6.45, 7) is 0. The molecular weight excluding hydrogens is 264 g/mol. The van der Waals surface area contributed by atoms with E-state index in [2.05, 4.69) is 5.32 Å². The number of benzene rings is 1. The zero-order chi connectivity index (χ0) is 13.9. The molecule has 6 heteroatoms. The lowest BCUT2D eigenvalue weighted by atomic mass is 10.2. The summed E-state index contributed by atoms with van der Waals surface area (Å²) in [6, 6.07) is 6.65. The fourth-order valence-electron chi connectivity index (χ4n) is 1.73. The summed E-state index contributed by atoms with van der Waals surface area (Å²) in [5, 5.41) is 3.72. The maximum absolute atomic E-state index is 11.6. The van der Waals surface area contributed by atoms with Crippen molar-refractivity contribution in [2.75, 3.05) is 11.5 Å². The number of amides is 1. The number of carbonyl (C=O) groups is 1. The second-order valence-electron chi connectivity index (χ2n) is 4.28. The zero-order valence-electron chi connectivity index (χ0n) is 10.1. The molecule has 0 fully saturated rings. The first-order valence-electron chi connectivity index (χ1n) is 5.70. The Kier molecular flexibility index (Phi) is 3.71. The van der Waals surface area contributed by atoms with E-state index in [0.717, 1.165) is 11.0 Å². The topological polar surface area (TPSA) is 89.3 Å². The average molecular weight is 278 g/mol. The van der Waals surface area contributed by atoms with Crippen LogP contribution in [-0.2, 0) is 14.6 Å². The van der Waals surface area contributed by atoms with E-state index in [4.69, 9.17) is 5.73 Å². The smallest absolute Gasteiger partial charge is 0.244 e. The average Bonchev–Trinajstić information content (AvgIpc) is 2.66. The summed E-state index contributed by atoms with van der Waals surface area (Å²) in [7, 11) is -3.15. The van der Waals surface area contributed by atoms with Crippen molar-refractivity contribution in [3.63, 3.8) is 0 Å². The molecule has 1 amide bonds. The molecule has 0 saturated heterocycles. The molecule has 1 aromatic rings. The molecule has 5 nitrogen and oxygen atoms in total. The maximum atomic E-state index is 11.6. The van der Waals surface area contributed by atoms with E-state index in [1.165, 1.54) is 12.2 Å². The van der Waals surface area contributed by atoms with E-state index in [1.807, 2.05) is 6.07 Å². The minimum atomic E-state index is -3.15. The third kappa shape index (κ3) is 3.96. The number of rotatable bonds is 3. The van der Waals surface area contributed by atoms with Gasteiger partial charge in [0.25, 0.3) is 0 Å². The van der Waals surface area contributed by atoms with Gasteiger partial charge in [-0.15, -0.1) is 0 Å². The Morgan fingerprint density at radius 2 is 2.21 bits per heavy atom. The van der Waals surface area contributed by atoms with Crippen LogP contribution in [0.3, 0.4) is 0 Å². The van der Waals surface area contributed by atoms with Crippen molar-refractivity contribution < 1.29 is 13.2 Å². The summed E-state index contributed by atoms with van der Waals surface area (Å²) in [6.07, 6.45) is 4.45. The van der Waals surface area contributed by atoms with Crippen LogP contribution in [-0.4, -0.2) is 26.1 Å². The number of hydrogen-bond donors (Lipinski definition) is 2. The van der Waals surface area contributed by atoms with Gasteiger partial charge in [-0.2, -0.15) is 0 Å². The number of nitrogens with one attached hydrogen (secondary N) is 1. The van der Waals surface area contributed by atoms with Crippen molar-refractivity contribution in [3.8, 4) is 0 Å². The molecule has 0 radical (unpaired) electrons. The lowest BCUT2D eigenvalue weighted by molar-refractivity contribution is -0.116. The van der Waals surface area contributed by atoms with E-state index >= 15 is 0 Å². The first-order valence-corrected chi connectivity index (χ1v) is 7.41. The van der Waals surface area contributed by atoms with E-state index in [0.29, 0.717) is 5.69 Å². The van der Waals surface area contributed by atoms with Gasteiger partial charge in [-0.3, -0.25) is 4.79 Å². The number of nitrogens with two attached hydrogens (primary N) is 1. The van der Waals surface area contributed by atoms with Gasteiger partial charge in [0.1, 0.15) is 0 Å². The molecule has 1 heterocycles. The van der Waals surface area contributed by atoms with Crippen LogP contribution in [0.4, 0.5) is 5.69 Å². The third-order valence-corrected chi connectivity index (χ3v) is 3.99. The molecule has 0 aromatic heterocycles. The highest BCUT2D eigenvalue weighted by Gasteiger charge is 2.22. The Morgan fingerprint density at radius 1 is 1.42 bits per heavy atom. The quantitative estimate of drug-likeness (QED) is 0.629. The first-order chi connectivity index (χ1) is 8.94. The van der Waals surface area contributed by atoms with Crippen LogP contribution in [0.2, 0.25) is 0 Å². The lowest BCUT2D eigenvalue weighted by Gasteiger charge is -2.06. The Morgan fingerprint density at radius 3 is 2.84 bits per heavy atom. The fraction of sp³-hybridized carbons (Fsp3) is 0.154. The first kappa shape index (κ1) is 13.4. The van der Waals surface area contributed by atoms with Crippen LogP contribution in [0, 0.1) is 0 Å². The highest BCUT2D eigenvalue weighted by atomic mass is 32.2. The highest BCUT2D eigenvalue weighted by molar-refractivity contribution is 7.94. The Bertz CT molecular complexity index is 648. The predicted molar refractivity (Wildman–Crippen MR) is 74.7 cm³/mol. The monoisotopic (exact) mass is 278 g/mol. The van der Waals surface area contributed by atoms with Gasteiger partial charge >= 0.3 is 0 Å². The Hall–Kier alpha value is -2.08. The summed E-state index contributed by atoms with van der Waals surface area (Å²) in [4.78, 5) is 11.6. The molecular formula is C13H14N2O3S. The molecule has 1 atom stereocenters. The van der Waals surface area contributed by atoms with Crippen LogP contribution in [0.25, 0.3) is 6.08 Å². The van der Waals surface area contributed by atoms with E-state index in [-0.39, 0.29) is 11.7 Å². The molecule has 0 bridgehead atoms. The highest BCUT2D eigenvalue weighted by Crippen LogP contribution is 2.09. The second-order valence-corrected chi connectivity index (χ2v) is 6.21. The standard InChI is InChI=1S/C13H14N2O3S/c14-11-3-1-2-10(8-11)4-5-13(16)15-12-6-7-19(17,18)9-12/h1-8,12H,9,14H2,(H,15,16)/b5-4+. The maximum Gasteiger partial charge on any atom is 0.244 e. The molecule has 1 aromatic carbocycles. The molecule has 2 rings (SSSR count). The second kappa shape index (κ2) is 5.27. The van der Waals surface area contributed by atoms with Crippen molar-refractivity contribution in [2.24, 2.45) is 0 Å². The van der Waals surface area contributed by atoms with Gasteiger partial charge < -0.3 is 11.1 Å². The molecule has 1 unspecified atom stereocenters. The van der Waals surface area contributed by atoms with Crippen molar-refractivity contribution in [1.29, 1.82) is 0 Å². The fourth-order valence-corrected chi connectivity index (χ4v) is 2.97. The van der Waals surface area contributed by atoms with Gasteiger partial charge in [-0.05, 0) is 29.8 Å². The van der Waals surface area contributed by atoms with Crippen LogP contribution in [0.5, 0.6) is 0 Å². The minimum absolute atomic E-state index is 0.0785. The van der Waals surface area contributed by atoms with Crippen LogP contribution in [0.15, 0.2) is 41.8 Å². The largest absolute Gasteiger partial charge is 0.399 e. The van der Waals surface area contributed by atoms with Gasteiger partial charge in [0.05, 0.1) is 11.8 Å². The molecule has 0 spiro atoms. The Balaban J connectivity index is 1.94. The molecule has 0 aliphatic carbocycles. The van der Waals surface area contributed by atoms with Crippen molar-refractivity contribution in [3.05, 3.63) is 47.4 Å². The van der Waals surface area contributed by atoms with Gasteiger partial charge in [0.15, 0.2) is 9.84 Å². The normalized spacial score (nSPS) is 20.7. The number of hydrogen-bond acceptors (Lipinski definition) is 4. The van der Waals surface area contributed by atoms with Crippen molar-refractivity contribution >= 4 is 27.5 Å². The number of anilines is 1. The van der Waals surface area contributed by atoms with E-state index < -0.39 is 15.9 Å². The zero-order valence-corrected chi connectivity index (χ0v) is 10.9. The van der Waals surface area contributed by atoms with E-state index in [1.54, 1.807) is 24.3 Å². The minimum Gasteiger partial charge on any atom is -0.399 e. The number of carbonyl (C=O) groups excluding carboxylic acids is 1. The Labute approximate surface area is 111 Å². The molecule has 19 heavy (non-hydrogen) atoms. The third-order valence-electron chi connectivity index (χ3n) is 2.60. The molecule has 100 valence electrons. The molecule has 1 aliphatic heterocycles. The predicted octanol–water partition coefficient (Wildman–Crippen LogP) is 0.709. The SMILES string of the molecule is Nc1cccc(/C=C/C(=O)NC2C=CS(=O)(=O)C2)c1. The van der Waals surface area contributed by atoms with Crippen LogP contribution in [0.1, 0.15) is 5.56 Å². The van der Waals surface area contributed by atoms with Gasteiger partial charge in [-0.25, -0.2) is 8.42 Å². The number of sulfone groups is 1. The summed E-state index contributed by atoms with van der Waals surface area (Å²) in [5.41, 5.74) is 7.04.